The van der Waals surface area contributed by atoms with Crippen LogP contribution in [-0.4, -0.2) is 24.5 Å². The second kappa shape index (κ2) is 5.79. The van der Waals surface area contributed by atoms with Gasteiger partial charge in [0, 0.05) is 11.1 Å². The van der Waals surface area contributed by atoms with Crippen molar-refractivity contribution in [3.8, 4) is 0 Å². The molecule has 0 aromatic rings. The molecule has 2 aliphatic carbocycles. The van der Waals surface area contributed by atoms with Crippen LogP contribution in [0, 0.1) is 17.3 Å². The Hall–Kier alpha value is -0.370. The highest BCUT2D eigenvalue weighted by Crippen LogP contribution is 2.42. The lowest BCUT2D eigenvalue weighted by Crippen LogP contribution is -2.43. The summed E-state index contributed by atoms with van der Waals surface area (Å²) in [5, 5.41) is 0. The minimum atomic E-state index is 0.326. The van der Waals surface area contributed by atoms with Crippen LogP contribution in [-0.2, 0) is 4.74 Å². The Labute approximate surface area is 124 Å². The quantitative estimate of drug-likeness (QED) is 0.685. The topological polar surface area (TPSA) is 21.6 Å². The van der Waals surface area contributed by atoms with E-state index in [-0.39, 0.29) is 0 Å². The number of aliphatic imine (C=N–C) groups is 1. The van der Waals surface area contributed by atoms with Crippen LogP contribution in [0.4, 0.5) is 0 Å². The Morgan fingerprint density at radius 1 is 1.05 bits per heavy atom. The van der Waals surface area contributed by atoms with Gasteiger partial charge in [-0.3, -0.25) is 4.99 Å². The van der Waals surface area contributed by atoms with Crippen molar-refractivity contribution in [3.63, 3.8) is 0 Å². The SMILES string of the molecule is CC1CCC(C)(C2=NC3CC(C)CCCC3OC2)CC1. The van der Waals surface area contributed by atoms with E-state index in [1.165, 1.54) is 57.1 Å². The molecule has 0 aromatic heterocycles. The zero-order chi connectivity index (χ0) is 14.2. The minimum absolute atomic E-state index is 0.326. The molecular formula is C18H31NO. The number of nitrogens with zero attached hydrogens (tertiary/aromatic N) is 1. The maximum absolute atomic E-state index is 6.24. The number of ether oxygens (including phenoxy) is 1. The molecule has 20 heavy (non-hydrogen) atoms. The van der Waals surface area contributed by atoms with Crippen LogP contribution >= 0.6 is 0 Å². The van der Waals surface area contributed by atoms with Gasteiger partial charge in [0.1, 0.15) is 0 Å². The van der Waals surface area contributed by atoms with Gasteiger partial charge < -0.3 is 4.74 Å². The Morgan fingerprint density at radius 3 is 2.55 bits per heavy atom. The Bertz CT molecular complexity index is 368. The van der Waals surface area contributed by atoms with E-state index in [0.29, 0.717) is 17.6 Å². The lowest BCUT2D eigenvalue weighted by Gasteiger charge is -2.41. The van der Waals surface area contributed by atoms with Gasteiger partial charge in [-0.05, 0) is 50.4 Å². The van der Waals surface area contributed by atoms with E-state index < -0.39 is 0 Å². The number of rotatable bonds is 1. The van der Waals surface area contributed by atoms with Gasteiger partial charge in [-0.2, -0.15) is 0 Å². The van der Waals surface area contributed by atoms with E-state index in [1.807, 2.05) is 0 Å². The third-order valence-electron chi connectivity index (χ3n) is 6.09. The van der Waals surface area contributed by atoms with Gasteiger partial charge in [0.05, 0.1) is 18.8 Å². The first-order chi connectivity index (χ1) is 9.57. The van der Waals surface area contributed by atoms with Crippen molar-refractivity contribution in [1.82, 2.24) is 0 Å². The third kappa shape index (κ3) is 2.95. The summed E-state index contributed by atoms with van der Waals surface area (Å²) in [6, 6.07) is 0.451. The van der Waals surface area contributed by atoms with Crippen LogP contribution in [0.3, 0.4) is 0 Å². The van der Waals surface area contributed by atoms with Crippen molar-refractivity contribution in [2.24, 2.45) is 22.2 Å². The first-order valence-electron chi connectivity index (χ1n) is 8.75. The van der Waals surface area contributed by atoms with Gasteiger partial charge in [0.25, 0.3) is 0 Å². The van der Waals surface area contributed by atoms with Crippen LogP contribution in [0.5, 0.6) is 0 Å². The molecule has 1 heterocycles. The van der Waals surface area contributed by atoms with Gasteiger partial charge in [0.15, 0.2) is 0 Å². The molecule has 3 unspecified atom stereocenters. The second-order valence-corrected chi connectivity index (χ2v) is 8.01. The Morgan fingerprint density at radius 2 is 1.80 bits per heavy atom. The molecule has 1 aliphatic heterocycles. The predicted molar refractivity (Wildman–Crippen MR) is 84.3 cm³/mol. The number of hydrogen-bond donors (Lipinski definition) is 0. The van der Waals surface area contributed by atoms with Crippen LogP contribution in [0.2, 0.25) is 0 Å². The highest BCUT2D eigenvalue weighted by Gasteiger charge is 2.39. The minimum Gasteiger partial charge on any atom is -0.370 e. The van der Waals surface area contributed by atoms with Crippen molar-refractivity contribution in [2.75, 3.05) is 6.61 Å². The van der Waals surface area contributed by atoms with Crippen molar-refractivity contribution in [1.29, 1.82) is 0 Å². The Balaban J connectivity index is 1.75. The first kappa shape index (κ1) is 14.6. The molecule has 114 valence electrons. The zero-order valence-electron chi connectivity index (χ0n) is 13.5. The largest absolute Gasteiger partial charge is 0.370 e. The summed E-state index contributed by atoms with van der Waals surface area (Å²) < 4.78 is 6.24. The normalized spacial score (nSPS) is 46.2. The summed E-state index contributed by atoms with van der Waals surface area (Å²) in [7, 11) is 0. The summed E-state index contributed by atoms with van der Waals surface area (Å²) >= 11 is 0. The molecule has 2 fully saturated rings. The monoisotopic (exact) mass is 277 g/mol. The molecular weight excluding hydrogens is 246 g/mol. The fourth-order valence-corrected chi connectivity index (χ4v) is 4.31. The summed E-state index contributed by atoms with van der Waals surface area (Å²) in [5.41, 5.74) is 1.72. The lowest BCUT2D eigenvalue weighted by atomic mass is 9.69. The van der Waals surface area contributed by atoms with E-state index in [4.69, 9.17) is 9.73 Å². The molecule has 2 nitrogen and oxygen atoms in total. The second-order valence-electron chi connectivity index (χ2n) is 8.01. The average molecular weight is 277 g/mol. The van der Waals surface area contributed by atoms with Gasteiger partial charge in [0.2, 0.25) is 0 Å². The molecule has 0 spiro atoms. The number of hydrogen-bond acceptors (Lipinski definition) is 2. The highest BCUT2D eigenvalue weighted by atomic mass is 16.5. The standard InChI is InChI=1S/C18H31NO/c1-13-7-9-18(3,10-8-13)17-12-20-16-6-4-5-14(2)11-15(16)19-17/h13-16H,4-12H2,1-3H3. The number of fused-ring (bicyclic) bond motifs is 1. The third-order valence-corrected chi connectivity index (χ3v) is 6.09. The molecule has 3 atom stereocenters. The summed E-state index contributed by atoms with van der Waals surface area (Å²) in [4.78, 5) is 5.23. The fraction of sp³-hybridized carbons (Fsp3) is 0.944. The van der Waals surface area contributed by atoms with E-state index in [1.54, 1.807) is 0 Å². The van der Waals surface area contributed by atoms with E-state index in [0.717, 1.165) is 18.4 Å². The molecule has 0 amide bonds. The molecule has 0 bridgehead atoms. The fourth-order valence-electron chi connectivity index (χ4n) is 4.31. The van der Waals surface area contributed by atoms with Crippen molar-refractivity contribution >= 4 is 5.71 Å². The smallest absolute Gasteiger partial charge is 0.0854 e. The molecule has 3 rings (SSSR count). The Kier molecular flexibility index (Phi) is 4.21. The van der Waals surface area contributed by atoms with E-state index in [9.17, 15) is 0 Å². The zero-order valence-corrected chi connectivity index (χ0v) is 13.5. The van der Waals surface area contributed by atoms with Crippen LogP contribution in [0.1, 0.15) is 72.1 Å². The highest BCUT2D eigenvalue weighted by molar-refractivity contribution is 5.91. The van der Waals surface area contributed by atoms with E-state index >= 15 is 0 Å². The van der Waals surface area contributed by atoms with Gasteiger partial charge in [-0.1, -0.05) is 33.6 Å². The lowest BCUT2D eigenvalue weighted by molar-refractivity contribution is 0.0384. The summed E-state index contributed by atoms with van der Waals surface area (Å²) in [6.07, 6.45) is 10.9. The van der Waals surface area contributed by atoms with Crippen LogP contribution < -0.4 is 0 Å². The molecule has 3 aliphatic rings. The predicted octanol–water partition coefficient (Wildman–Crippen LogP) is 4.62. The molecule has 2 saturated carbocycles. The molecule has 0 N–H and O–H groups in total. The van der Waals surface area contributed by atoms with Crippen molar-refractivity contribution < 1.29 is 4.74 Å². The van der Waals surface area contributed by atoms with E-state index in [2.05, 4.69) is 20.8 Å². The average Bonchev–Trinajstić information content (AvgIpc) is 2.62. The van der Waals surface area contributed by atoms with Crippen molar-refractivity contribution in [2.45, 2.75) is 84.3 Å². The van der Waals surface area contributed by atoms with Crippen LogP contribution in [0.15, 0.2) is 4.99 Å². The molecule has 2 heteroatoms. The molecule has 0 radical (unpaired) electrons. The molecule has 0 saturated heterocycles. The first-order valence-corrected chi connectivity index (χ1v) is 8.75. The van der Waals surface area contributed by atoms with Gasteiger partial charge >= 0.3 is 0 Å². The van der Waals surface area contributed by atoms with Crippen LogP contribution in [0.25, 0.3) is 0 Å². The maximum atomic E-state index is 6.24. The molecule has 0 aromatic carbocycles. The van der Waals surface area contributed by atoms with Gasteiger partial charge in [-0.25, -0.2) is 0 Å². The van der Waals surface area contributed by atoms with Gasteiger partial charge in [-0.15, -0.1) is 0 Å². The maximum Gasteiger partial charge on any atom is 0.0854 e. The summed E-state index contributed by atoms with van der Waals surface area (Å²) in [5.74, 6) is 1.72. The summed E-state index contributed by atoms with van der Waals surface area (Å²) in [6.45, 7) is 8.01. The van der Waals surface area contributed by atoms with Crippen molar-refractivity contribution in [3.05, 3.63) is 0 Å².